The largest absolute Gasteiger partial charge is 0.493 e. The number of hydrogen-bond donors (Lipinski definition) is 1. The van der Waals surface area contributed by atoms with Gasteiger partial charge in [-0.25, -0.2) is 0 Å². The van der Waals surface area contributed by atoms with E-state index in [9.17, 15) is 0 Å². The van der Waals surface area contributed by atoms with E-state index >= 15 is 0 Å². The first-order valence-corrected chi connectivity index (χ1v) is 6.81. The highest BCUT2D eigenvalue weighted by atomic mass is 35.5. The summed E-state index contributed by atoms with van der Waals surface area (Å²) in [7, 11) is 3.20. The molecule has 106 valence electrons. The van der Waals surface area contributed by atoms with Gasteiger partial charge in [-0.2, -0.15) is 0 Å². The number of methoxy groups -OCH3 is 2. The van der Waals surface area contributed by atoms with Crippen LogP contribution in [0.25, 0.3) is 0 Å². The molecular formula is C15H22ClNO2. The van der Waals surface area contributed by atoms with Gasteiger partial charge in [-0.15, -0.1) is 6.58 Å². The Labute approximate surface area is 120 Å². The molecule has 1 rings (SSSR count). The number of allylic oxidation sites excluding steroid dienone is 1. The van der Waals surface area contributed by atoms with Crippen LogP contribution < -0.4 is 14.8 Å². The van der Waals surface area contributed by atoms with Crippen LogP contribution in [-0.4, -0.2) is 20.8 Å². The van der Waals surface area contributed by atoms with Crippen LogP contribution in [0.5, 0.6) is 11.5 Å². The Balaban J connectivity index is 3.08. The van der Waals surface area contributed by atoms with Crippen LogP contribution in [0.1, 0.15) is 31.4 Å². The summed E-state index contributed by atoms with van der Waals surface area (Å²) in [6.45, 7) is 6.75. The molecule has 1 aromatic carbocycles. The maximum Gasteiger partial charge on any atom is 0.179 e. The molecule has 1 N–H and O–H groups in total. The molecule has 1 aromatic rings. The zero-order valence-electron chi connectivity index (χ0n) is 11.8. The van der Waals surface area contributed by atoms with E-state index in [1.165, 1.54) is 0 Å². The fraction of sp³-hybridized carbons (Fsp3) is 0.467. The first-order chi connectivity index (χ1) is 9.17. The molecule has 0 saturated carbocycles. The molecule has 0 saturated heterocycles. The van der Waals surface area contributed by atoms with E-state index in [4.69, 9.17) is 21.1 Å². The Hall–Kier alpha value is -1.19. The molecule has 0 aliphatic rings. The zero-order chi connectivity index (χ0) is 14.3. The van der Waals surface area contributed by atoms with E-state index in [1.807, 2.05) is 18.2 Å². The summed E-state index contributed by atoms with van der Waals surface area (Å²) in [4.78, 5) is 0. The van der Waals surface area contributed by atoms with Gasteiger partial charge in [0.25, 0.3) is 0 Å². The van der Waals surface area contributed by atoms with Crippen molar-refractivity contribution in [2.24, 2.45) is 0 Å². The standard InChI is InChI=1S/C15H22ClNO2/c1-5-7-8-13(17-6-2)11-9-12(16)15(19-4)14(10-11)18-3/h5,9-10,13,17H,1,6-8H2,2-4H3. The SMILES string of the molecule is C=CCCC(NCC)c1cc(Cl)c(OC)c(OC)c1. The number of benzene rings is 1. The van der Waals surface area contributed by atoms with E-state index in [2.05, 4.69) is 18.8 Å². The van der Waals surface area contributed by atoms with Crippen molar-refractivity contribution in [3.8, 4) is 11.5 Å². The Morgan fingerprint density at radius 1 is 1.37 bits per heavy atom. The van der Waals surface area contributed by atoms with Crippen LogP contribution in [0.2, 0.25) is 5.02 Å². The molecule has 0 aliphatic heterocycles. The van der Waals surface area contributed by atoms with Crippen LogP contribution in [0.15, 0.2) is 24.8 Å². The summed E-state index contributed by atoms with van der Waals surface area (Å²) in [5.41, 5.74) is 1.10. The highest BCUT2D eigenvalue weighted by molar-refractivity contribution is 6.32. The van der Waals surface area contributed by atoms with Crippen LogP contribution in [0.4, 0.5) is 0 Å². The summed E-state index contributed by atoms with van der Waals surface area (Å²) >= 11 is 6.24. The fourth-order valence-electron chi connectivity index (χ4n) is 2.06. The smallest absolute Gasteiger partial charge is 0.179 e. The average molecular weight is 284 g/mol. The quantitative estimate of drug-likeness (QED) is 0.732. The maximum absolute atomic E-state index is 6.24. The molecule has 0 fully saturated rings. The highest BCUT2D eigenvalue weighted by Gasteiger charge is 2.16. The van der Waals surface area contributed by atoms with E-state index in [0.29, 0.717) is 16.5 Å². The lowest BCUT2D eigenvalue weighted by Gasteiger charge is -2.20. The van der Waals surface area contributed by atoms with Gasteiger partial charge >= 0.3 is 0 Å². The molecule has 0 bridgehead atoms. The van der Waals surface area contributed by atoms with Gasteiger partial charge in [-0.1, -0.05) is 24.6 Å². The second kappa shape index (κ2) is 8.08. The number of halogens is 1. The predicted molar refractivity (Wildman–Crippen MR) is 80.4 cm³/mol. The van der Waals surface area contributed by atoms with Crippen molar-refractivity contribution < 1.29 is 9.47 Å². The Morgan fingerprint density at radius 2 is 2.11 bits per heavy atom. The van der Waals surface area contributed by atoms with Gasteiger partial charge in [0.15, 0.2) is 11.5 Å². The third kappa shape index (κ3) is 4.15. The molecule has 4 heteroatoms. The minimum absolute atomic E-state index is 0.236. The van der Waals surface area contributed by atoms with Crippen molar-refractivity contribution in [3.63, 3.8) is 0 Å². The van der Waals surface area contributed by atoms with Gasteiger partial charge in [-0.3, -0.25) is 0 Å². The summed E-state index contributed by atoms with van der Waals surface area (Å²) in [5.74, 6) is 1.23. The van der Waals surface area contributed by atoms with Crippen molar-refractivity contribution in [1.82, 2.24) is 5.32 Å². The molecule has 1 atom stereocenters. The number of ether oxygens (including phenoxy) is 2. The number of nitrogens with one attached hydrogen (secondary N) is 1. The van der Waals surface area contributed by atoms with Gasteiger partial charge in [0.05, 0.1) is 19.2 Å². The molecule has 0 amide bonds. The summed E-state index contributed by atoms with van der Waals surface area (Å²) < 4.78 is 10.6. The molecule has 0 aliphatic carbocycles. The molecule has 19 heavy (non-hydrogen) atoms. The van der Waals surface area contributed by atoms with Gasteiger partial charge in [-0.05, 0) is 37.1 Å². The third-order valence-electron chi connectivity index (χ3n) is 2.97. The van der Waals surface area contributed by atoms with Crippen molar-refractivity contribution in [3.05, 3.63) is 35.4 Å². The van der Waals surface area contributed by atoms with E-state index in [-0.39, 0.29) is 6.04 Å². The van der Waals surface area contributed by atoms with Crippen molar-refractivity contribution >= 4 is 11.6 Å². The third-order valence-corrected chi connectivity index (χ3v) is 3.25. The van der Waals surface area contributed by atoms with Gasteiger partial charge in [0.2, 0.25) is 0 Å². The fourth-order valence-corrected chi connectivity index (χ4v) is 2.35. The normalized spacial score (nSPS) is 12.0. The van der Waals surface area contributed by atoms with Crippen LogP contribution >= 0.6 is 11.6 Å². The molecule has 0 spiro atoms. The molecule has 3 nitrogen and oxygen atoms in total. The summed E-state index contributed by atoms with van der Waals surface area (Å²) in [6, 6.07) is 4.14. The van der Waals surface area contributed by atoms with E-state index in [1.54, 1.807) is 14.2 Å². The summed E-state index contributed by atoms with van der Waals surface area (Å²) in [5, 5.41) is 4.01. The second-order valence-corrected chi connectivity index (χ2v) is 4.62. The molecule has 0 radical (unpaired) electrons. The lowest BCUT2D eigenvalue weighted by atomic mass is 10.0. The molecule has 0 aromatic heterocycles. The Bertz CT molecular complexity index is 421. The monoisotopic (exact) mass is 283 g/mol. The lowest BCUT2D eigenvalue weighted by molar-refractivity contribution is 0.354. The topological polar surface area (TPSA) is 30.5 Å². The van der Waals surface area contributed by atoms with Crippen LogP contribution in [0, 0.1) is 0 Å². The first-order valence-electron chi connectivity index (χ1n) is 6.43. The number of rotatable bonds is 8. The van der Waals surface area contributed by atoms with Gasteiger partial charge in [0, 0.05) is 6.04 Å². The van der Waals surface area contributed by atoms with Gasteiger partial charge < -0.3 is 14.8 Å². The minimum atomic E-state index is 0.236. The lowest BCUT2D eigenvalue weighted by Crippen LogP contribution is -2.20. The van der Waals surface area contributed by atoms with E-state index in [0.717, 1.165) is 24.9 Å². The van der Waals surface area contributed by atoms with Crippen LogP contribution in [0.3, 0.4) is 0 Å². The van der Waals surface area contributed by atoms with Crippen LogP contribution in [-0.2, 0) is 0 Å². The predicted octanol–water partition coefficient (Wildman–Crippen LogP) is 3.97. The summed E-state index contributed by atoms with van der Waals surface area (Å²) in [6.07, 6.45) is 3.85. The minimum Gasteiger partial charge on any atom is -0.493 e. The second-order valence-electron chi connectivity index (χ2n) is 4.21. The first kappa shape index (κ1) is 15.9. The average Bonchev–Trinajstić information content (AvgIpc) is 2.42. The van der Waals surface area contributed by atoms with Crippen molar-refractivity contribution in [2.45, 2.75) is 25.8 Å². The highest BCUT2D eigenvalue weighted by Crippen LogP contribution is 2.38. The molecular weight excluding hydrogens is 262 g/mol. The van der Waals surface area contributed by atoms with Gasteiger partial charge in [0.1, 0.15) is 0 Å². The Kier molecular flexibility index (Phi) is 6.74. The maximum atomic E-state index is 6.24. The Morgan fingerprint density at radius 3 is 2.63 bits per heavy atom. The zero-order valence-corrected chi connectivity index (χ0v) is 12.6. The molecule has 0 heterocycles. The van der Waals surface area contributed by atoms with Crippen molar-refractivity contribution in [2.75, 3.05) is 20.8 Å². The number of hydrogen-bond acceptors (Lipinski definition) is 3. The van der Waals surface area contributed by atoms with Crippen molar-refractivity contribution in [1.29, 1.82) is 0 Å². The molecule has 1 unspecified atom stereocenters. The van der Waals surface area contributed by atoms with E-state index < -0.39 is 0 Å².